The molecule has 4 rings (SSSR count). The van der Waals surface area contributed by atoms with Gasteiger partial charge in [0.15, 0.2) is 0 Å². The third kappa shape index (κ3) is 3.51. The van der Waals surface area contributed by atoms with Crippen LogP contribution in [0.15, 0.2) is 48.5 Å². The van der Waals surface area contributed by atoms with Crippen molar-refractivity contribution in [2.75, 3.05) is 39.6 Å². The van der Waals surface area contributed by atoms with Gasteiger partial charge in [0.2, 0.25) is 0 Å². The zero-order valence-electron chi connectivity index (χ0n) is 17.1. The van der Waals surface area contributed by atoms with Crippen LogP contribution in [0.2, 0.25) is 0 Å². The molecule has 1 heterocycles. The first kappa shape index (κ1) is 19.3. The number of anilines is 1. The molecule has 1 saturated heterocycles. The molecule has 2 bridgehead atoms. The van der Waals surface area contributed by atoms with Gasteiger partial charge in [0.25, 0.3) is 0 Å². The van der Waals surface area contributed by atoms with E-state index in [2.05, 4.69) is 35.2 Å². The van der Waals surface area contributed by atoms with Crippen LogP contribution in [0.5, 0.6) is 5.75 Å². The van der Waals surface area contributed by atoms with Gasteiger partial charge in [-0.2, -0.15) is 0 Å². The molecule has 4 nitrogen and oxygen atoms in total. The summed E-state index contributed by atoms with van der Waals surface area (Å²) in [5.74, 6) is 1.95. The highest BCUT2D eigenvalue weighted by molar-refractivity contribution is 5.39. The van der Waals surface area contributed by atoms with Crippen LogP contribution in [-0.2, 0) is 16.8 Å². The molecule has 4 heteroatoms. The summed E-state index contributed by atoms with van der Waals surface area (Å²) in [6.07, 6.45) is 4.81. The molecule has 0 amide bonds. The van der Waals surface area contributed by atoms with Crippen LogP contribution in [0.25, 0.3) is 0 Å². The largest absolute Gasteiger partial charge is 0.497 e. The number of nitrogen functional groups attached to an aromatic ring is 1. The fourth-order valence-corrected chi connectivity index (χ4v) is 5.47. The minimum atomic E-state index is -0.190. The zero-order valence-corrected chi connectivity index (χ0v) is 17.1. The minimum Gasteiger partial charge on any atom is -0.497 e. The third-order valence-electron chi connectivity index (χ3n) is 6.83. The Morgan fingerprint density at radius 3 is 2.39 bits per heavy atom. The van der Waals surface area contributed by atoms with E-state index in [0.29, 0.717) is 11.8 Å². The van der Waals surface area contributed by atoms with E-state index in [0.717, 1.165) is 37.5 Å². The van der Waals surface area contributed by atoms with E-state index < -0.39 is 0 Å². The lowest BCUT2D eigenvalue weighted by Gasteiger charge is -2.55. The van der Waals surface area contributed by atoms with Crippen molar-refractivity contribution in [3.8, 4) is 5.75 Å². The van der Waals surface area contributed by atoms with Crippen LogP contribution in [0.1, 0.15) is 30.4 Å². The molecular weight excluding hydrogens is 348 g/mol. The van der Waals surface area contributed by atoms with Gasteiger partial charge in [0, 0.05) is 44.3 Å². The van der Waals surface area contributed by atoms with Crippen molar-refractivity contribution < 1.29 is 9.47 Å². The van der Waals surface area contributed by atoms with Gasteiger partial charge in [-0.1, -0.05) is 30.7 Å². The standard InChI is InChI=1S/C24H32N2O2/c1-27-23-8-4-5-19(15-23)24(28-2)20-6-3-7-21(24)17-26(16-20)14-13-18-9-11-22(25)12-10-18/h4-5,8-12,15,20-21H,3,6-7,13-14,16-17,25H2,1-2H3/t20-,21+,24?. The number of hydrogen-bond acceptors (Lipinski definition) is 4. The van der Waals surface area contributed by atoms with Gasteiger partial charge in [-0.3, -0.25) is 0 Å². The summed E-state index contributed by atoms with van der Waals surface area (Å²) < 4.78 is 11.9. The quantitative estimate of drug-likeness (QED) is 0.767. The number of piperidine rings is 1. The Morgan fingerprint density at radius 1 is 1.04 bits per heavy atom. The summed E-state index contributed by atoms with van der Waals surface area (Å²) in [7, 11) is 3.63. The molecule has 2 N–H and O–H groups in total. The molecular formula is C24H32N2O2. The highest BCUT2D eigenvalue weighted by Crippen LogP contribution is 2.51. The van der Waals surface area contributed by atoms with Crippen molar-refractivity contribution in [3.05, 3.63) is 59.7 Å². The molecule has 1 unspecified atom stereocenters. The van der Waals surface area contributed by atoms with Gasteiger partial charge in [-0.25, -0.2) is 0 Å². The zero-order chi connectivity index (χ0) is 19.6. The first-order valence-electron chi connectivity index (χ1n) is 10.4. The molecule has 28 heavy (non-hydrogen) atoms. The monoisotopic (exact) mass is 380 g/mol. The van der Waals surface area contributed by atoms with Gasteiger partial charge >= 0.3 is 0 Å². The molecule has 1 saturated carbocycles. The summed E-state index contributed by atoms with van der Waals surface area (Å²) >= 11 is 0. The van der Waals surface area contributed by atoms with Crippen LogP contribution in [0.3, 0.4) is 0 Å². The number of hydrogen-bond donors (Lipinski definition) is 1. The minimum absolute atomic E-state index is 0.190. The molecule has 1 aliphatic heterocycles. The van der Waals surface area contributed by atoms with Crippen molar-refractivity contribution in [2.24, 2.45) is 11.8 Å². The summed E-state index contributed by atoms with van der Waals surface area (Å²) in [6.45, 7) is 3.28. The molecule has 150 valence electrons. The van der Waals surface area contributed by atoms with E-state index in [1.165, 1.54) is 30.4 Å². The molecule has 0 aromatic heterocycles. The van der Waals surface area contributed by atoms with E-state index in [1.54, 1.807) is 7.11 Å². The van der Waals surface area contributed by atoms with Crippen LogP contribution in [-0.4, -0.2) is 38.8 Å². The molecule has 2 fully saturated rings. The topological polar surface area (TPSA) is 47.7 Å². The van der Waals surface area contributed by atoms with E-state index in [4.69, 9.17) is 15.2 Å². The second kappa shape index (κ2) is 8.14. The molecule has 2 aromatic rings. The Morgan fingerprint density at radius 2 is 1.75 bits per heavy atom. The predicted molar refractivity (Wildman–Crippen MR) is 114 cm³/mol. The van der Waals surface area contributed by atoms with E-state index in [9.17, 15) is 0 Å². The number of fused-ring (bicyclic) bond motifs is 2. The van der Waals surface area contributed by atoms with Gasteiger partial charge in [0.05, 0.1) is 7.11 Å². The van der Waals surface area contributed by atoms with Crippen molar-refractivity contribution >= 4 is 5.69 Å². The maximum absolute atomic E-state index is 6.36. The van der Waals surface area contributed by atoms with Crippen LogP contribution < -0.4 is 10.5 Å². The second-order valence-electron chi connectivity index (χ2n) is 8.31. The predicted octanol–water partition coefficient (Wildman–Crippen LogP) is 4.09. The fourth-order valence-electron chi connectivity index (χ4n) is 5.47. The fraction of sp³-hybridized carbons (Fsp3) is 0.500. The highest BCUT2D eigenvalue weighted by atomic mass is 16.5. The van der Waals surface area contributed by atoms with Crippen molar-refractivity contribution in [2.45, 2.75) is 31.3 Å². The average molecular weight is 381 g/mol. The Bertz CT molecular complexity index is 775. The number of methoxy groups -OCH3 is 2. The number of nitrogens with zero attached hydrogens (tertiary/aromatic N) is 1. The van der Waals surface area contributed by atoms with Gasteiger partial charge in [0.1, 0.15) is 11.4 Å². The summed E-state index contributed by atoms with van der Waals surface area (Å²) in [4.78, 5) is 2.64. The van der Waals surface area contributed by atoms with Gasteiger partial charge < -0.3 is 20.1 Å². The molecule has 2 aliphatic rings. The molecule has 0 radical (unpaired) electrons. The number of ether oxygens (including phenoxy) is 2. The third-order valence-corrected chi connectivity index (χ3v) is 6.83. The lowest BCUT2D eigenvalue weighted by Crippen LogP contribution is -2.59. The molecule has 3 atom stereocenters. The van der Waals surface area contributed by atoms with Gasteiger partial charge in [-0.15, -0.1) is 0 Å². The Labute approximate surface area is 168 Å². The maximum Gasteiger partial charge on any atom is 0.119 e. The van der Waals surface area contributed by atoms with Crippen LogP contribution in [0, 0.1) is 11.8 Å². The summed E-state index contributed by atoms with van der Waals surface area (Å²) in [6, 6.07) is 16.8. The number of rotatable bonds is 6. The number of nitrogens with two attached hydrogens (primary N) is 1. The highest BCUT2D eigenvalue weighted by Gasteiger charge is 2.53. The first-order chi connectivity index (χ1) is 13.7. The number of benzene rings is 2. The van der Waals surface area contributed by atoms with Crippen molar-refractivity contribution in [1.82, 2.24) is 4.90 Å². The lowest BCUT2D eigenvalue weighted by atomic mass is 9.62. The normalized spacial score (nSPS) is 27.5. The van der Waals surface area contributed by atoms with E-state index in [1.807, 2.05) is 25.3 Å². The smallest absolute Gasteiger partial charge is 0.119 e. The molecule has 0 spiro atoms. The maximum atomic E-state index is 6.36. The summed E-state index contributed by atoms with van der Waals surface area (Å²) in [5, 5.41) is 0. The Kier molecular flexibility index (Phi) is 5.61. The van der Waals surface area contributed by atoms with Gasteiger partial charge in [-0.05, 0) is 54.7 Å². The summed E-state index contributed by atoms with van der Waals surface area (Å²) in [5.41, 5.74) is 9.10. The Balaban J connectivity index is 1.53. The second-order valence-corrected chi connectivity index (χ2v) is 8.31. The first-order valence-corrected chi connectivity index (χ1v) is 10.4. The van der Waals surface area contributed by atoms with Crippen molar-refractivity contribution in [1.29, 1.82) is 0 Å². The lowest BCUT2D eigenvalue weighted by molar-refractivity contribution is -0.168. The van der Waals surface area contributed by atoms with Crippen molar-refractivity contribution in [3.63, 3.8) is 0 Å². The van der Waals surface area contributed by atoms with E-state index in [-0.39, 0.29) is 5.60 Å². The van der Waals surface area contributed by atoms with Crippen LogP contribution >= 0.6 is 0 Å². The SMILES string of the molecule is COc1cccc(C2(OC)[C@@H]3CCC[C@H]2CN(CCc2ccc(N)cc2)C3)c1. The van der Waals surface area contributed by atoms with Crippen LogP contribution in [0.4, 0.5) is 5.69 Å². The number of likely N-dealkylation sites (tertiary alicyclic amines) is 1. The molecule has 2 aromatic carbocycles. The molecule has 1 aliphatic carbocycles. The Hall–Kier alpha value is -2.04. The van der Waals surface area contributed by atoms with E-state index >= 15 is 0 Å². The average Bonchev–Trinajstić information content (AvgIpc) is 2.72.